The van der Waals surface area contributed by atoms with Gasteiger partial charge in [-0.1, -0.05) is 40.8 Å². The molecule has 12 heavy (non-hydrogen) atoms. The van der Waals surface area contributed by atoms with Gasteiger partial charge >= 0.3 is 0 Å². The van der Waals surface area contributed by atoms with Gasteiger partial charge in [-0.2, -0.15) is 0 Å². The molecular formula is C11H17I. The molecule has 1 heteroatoms. The Morgan fingerprint density at radius 2 is 1.25 bits per heavy atom. The molecule has 0 bridgehead atoms. The van der Waals surface area contributed by atoms with Crippen LogP contribution in [0.2, 0.25) is 0 Å². The van der Waals surface area contributed by atoms with Crippen molar-refractivity contribution in [3.8, 4) is 0 Å². The fraction of sp³-hybridized carbons (Fsp3) is 0.455. The zero-order valence-electron chi connectivity index (χ0n) is 7.56. The largest absolute Gasteiger partial charge is 0.103 e. The fourth-order valence-electron chi connectivity index (χ4n) is 1.33. The van der Waals surface area contributed by atoms with E-state index in [9.17, 15) is 0 Å². The van der Waals surface area contributed by atoms with Gasteiger partial charge in [0, 0.05) is 4.43 Å². The van der Waals surface area contributed by atoms with Gasteiger partial charge in [0.15, 0.2) is 0 Å². The summed E-state index contributed by atoms with van der Waals surface area (Å²) in [5.74, 6) is 0. The first-order valence-corrected chi connectivity index (χ1v) is 5.66. The Morgan fingerprint density at radius 3 is 1.42 bits per heavy atom. The van der Waals surface area contributed by atoms with Crippen LogP contribution in [0.1, 0.15) is 19.3 Å². The standard InChI is InChI=1S/C11H17I/c1-4-7-11(10-12,8-5-2)9-6-3/h4-6H,1-3,7-10H2. The van der Waals surface area contributed by atoms with E-state index >= 15 is 0 Å². The predicted octanol–water partition coefficient (Wildman–Crippen LogP) is 4.14. The van der Waals surface area contributed by atoms with E-state index in [0.717, 1.165) is 23.7 Å². The molecule has 0 aliphatic heterocycles. The number of hydrogen-bond donors (Lipinski definition) is 0. The Kier molecular flexibility index (Phi) is 6.44. The maximum absolute atomic E-state index is 3.79. The SMILES string of the molecule is C=CCC(CI)(CC=C)CC=C. The molecule has 0 nitrogen and oxygen atoms in total. The van der Waals surface area contributed by atoms with Gasteiger partial charge in [0.25, 0.3) is 0 Å². The van der Waals surface area contributed by atoms with Gasteiger partial charge in [-0.15, -0.1) is 19.7 Å². The second kappa shape index (κ2) is 6.46. The quantitative estimate of drug-likeness (QED) is 0.372. The van der Waals surface area contributed by atoms with E-state index in [1.165, 1.54) is 0 Å². The Bertz CT molecular complexity index is 132. The van der Waals surface area contributed by atoms with E-state index in [2.05, 4.69) is 42.3 Å². The number of allylic oxidation sites excluding steroid dienone is 3. The van der Waals surface area contributed by atoms with Crippen molar-refractivity contribution in [1.82, 2.24) is 0 Å². The van der Waals surface area contributed by atoms with E-state index in [0.29, 0.717) is 5.41 Å². The molecular weight excluding hydrogens is 259 g/mol. The summed E-state index contributed by atoms with van der Waals surface area (Å²) in [7, 11) is 0. The molecule has 0 saturated heterocycles. The molecule has 0 atom stereocenters. The molecule has 0 amide bonds. The first-order valence-electron chi connectivity index (χ1n) is 4.13. The Morgan fingerprint density at radius 1 is 0.917 bits per heavy atom. The highest BCUT2D eigenvalue weighted by atomic mass is 127. The first kappa shape index (κ1) is 11.9. The second-order valence-electron chi connectivity index (χ2n) is 3.11. The van der Waals surface area contributed by atoms with Gasteiger partial charge in [0.2, 0.25) is 0 Å². The highest BCUT2D eigenvalue weighted by Crippen LogP contribution is 2.34. The van der Waals surface area contributed by atoms with Crippen LogP contribution in [0.25, 0.3) is 0 Å². The zero-order valence-corrected chi connectivity index (χ0v) is 9.72. The summed E-state index contributed by atoms with van der Waals surface area (Å²) >= 11 is 2.43. The lowest BCUT2D eigenvalue weighted by Crippen LogP contribution is -2.20. The van der Waals surface area contributed by atoms with Crippen molar-refractivity contribution in [1.29, 1.82) is 0 Å². The maximum Gasteiger partial charge on any atom is 0.00609 e. The van der Waals surface area contributed by atoms with Crippen LogP contribution in [0.15, 0.2) is 38.0 Å². The molecule has 0 aromatic rings. The summed E-state index contributed by atoms with van der Waals surface area (Å²) in [4.78, 5) is 0. The lowest BCUT2D eigenvalue weighted by atomic mass is 9.80. The van der Waals surface area contributed by atoms with Crippen molar-refractivity contribution in [3.63, 3.8) is 0 Å². The minimum atomic E-state index is 0.325. The van der Waals surface area contributed by atoms with Crippen LogP contribution in [0.3, 0.4) is 0 Å². The molecule has 0 aromatic carbocycles. The van der Waals surface area contributed by atoms with E-state index in [1.807, 2.05) is 18.2 Å². The third-order valence-electron chi connectivity index (χ3n) is 2.02. The predicted molar refractivity (Wildman–Crippen MR) is 65.8 cm³/mol. The monoisotopic (exact) mass is 276 g/mol. The lowest BCUT2D eigenvalue weighted by molar-refractivity contribution is 0.354. The topological polar surface area (TPSA) is 0 Å². The van der Waals surface area contributed by atoms with Gasteiger partial charge in [-0.3, -0.25) is 0 Å². The molecule has 0 saturated carbocycles. The summed E-state index contributed by atoms with van der Waals surface area (Å²) in [6, 6.07) is 0. The van der Waals surface area contributed by atoms with Crippen LogP contribution in [0, 0.1) is 5.41 Å². The van der Waals surface area contributed by atoms with Crippen LogP contribution in [0.5, 0.6) is 0 Å². The number of rotatable bonds is 7. The Hall–Kier alpha value is -0.0500. The van der Waals surface area contributed by atoms with Crippen molar-refractivity contribution in [2.24, 2.45) is 5.41 Å². The summed E-state index contributed by atoms with van der Waals surface area (Å²) in [5.41, 5.74) is 0.325. The normalized spacial score (nSPS) is 10.8. The molecule has 0 heterocycles. The summed E-state index contributed by atoms with van der Waals surface area (Å²) in [6.45, 7) is 11.4. The lowest BCUT2D eigenvalue weighted by Gasteiger charge is -2.28. The van der Waals surface area contributed by atoms with Gasteiger partial charge in [0.05, 0.1) is 0 Å². The Labute approximate surface area is 89.6 Å². The van der Waals surface area contributed by atoms with Gasteiger partial charge in [0.1, 0.15) is 0 Å². The summed E-state index contributed by atoms with van der Waals surface area (Å²) in [5, 5.41) is 0. The summed E-state index contributed by atoms with van der Waals surface area (Å²) in [6.07, 6.45) is 9.12. The maximum atomic E-state index is 3.79. The minimum Gasteiger partial charge on any atom is -0.103 e. The van der Waals surface area contributed by atoms with E-state index in [4.69, 9.17) is 0 Å². The van der Waals surface area contributed by atoms with Crippen LogP contribution >= 0.6 is 22.6 Å². The molecule has 0 N–H and O–H groups in total. The molecule has 68 valence electrons. The molecule has 0 unspecified atom stereocenters. The molecule has 0 aliphatic rings. The zero-order chi connectivity index (χ0) is 9.45. The third kappa shape index (κ3) is 3.57. The van der Waals surface area contributed by atoms with Crippen molar-refractivity contribution in [2.75, 3.05) is 4.43 Å². The first-order chi connectivity index (χ1) is 5.74. The molecule has 0 aromatic heterocycles. The Balaban J connectivity index is 4.35. The van der Waals surface area contributed by atoms with Crippen molar-refractivity contribution in [2.45, 2.75) is 19.3 Å². The average Bonchev–Trinajstić information content (AvgIpc) is 2.06. The van der Waals surface area contributed by atoms with Crippen LogP contribution in [0.4, 0.5) is 0 Å². The van der Waals surface area contributed by atoms with Crippen LogP contribution in [-0.4, -0.2) is 4.43 Å². The van der Waals surface area contributed by atoms with Gasteiger partial charge in [-0.25, -0.2) is 0 Å². The van der Waals surface area contributed by atoms with Crippen molar-refractivity contribution in [3.05, 3.63) is 38.0 Å². The third-order valence-corrected chi connectivity index (χ3v) is 3.63. The van der Waals surface area contributed by atoms with Crippen LogP contribution < -0.4 is 0 Å². The minimum absolute atomic E-state index is 0.325. The molecule has 0 fully saturated rings. The average molecular weight is 276 g/mol. The van der Waals surface area contributed by atoms with Crippen molar-refractivity contribution < 1.29 is 0 Å². The molecule has 0 rings (SSSR count). The van der Waals surface area contributed by atoms with E-state index in [-0.39, 0.29) is 0 Å². The second-order valence-corrected chi connectivity index (χ2v) is 3.87. The number of alkyl halides is 1. The molecule has 0 spiro atoms. The highest BCUT2D eigenvalue weighted by Gasteiger charge is 2.23. The fourth-order valence-corrected chi connectivity index (χ4v) is 2.27. The van der Waals surface area contributed by atoms with Crippen LogP contribution in [-0.2, 0) is 0 Å². The summed E-state index contributed by atoms with van der Waals surface area (Å²) < 4.78 is 1.13. The molecule has 0 aliphatic carbocycles. The number of halogens is 1. The van der Waals surface area contributed by atoms with E-state index < -0.39 is 0 Å². The smallest absolute Gasteiger partial charge is 0.00609 e. The van der Waals surface area contributed by atoms with Crippen molar-refractivity contribution >= 4 is 22.6 Å². The highest BCUT2D eigenvalue weighted by molar-refractivity contribution is 14.1. The van der Waals surface area contributed by atoms with Gasteiger partial charge < -0.3 is 0 Å². The van der Waals surface area contributed by atoms with E-state index in [1.54, 1.807) is 0 Å². The number of hydrogen-bond acceptors (Lipinski definition) is 0. The van der Waals surface area contributed by atoms with Gasteiger partial charge in [-0.05, 0) is 24.7 Å². The molecule has 0 radical (unpaired) electrons.